The summed E-state index contributed by atoms with van der Waals surface area (Å²) in [6, 6.07) is 5.26. The lowest BCUT2D eigenvalue weighted by Crippen LogP contribution is -2.56. The standard InChI is InChI=1S/C21H31N5O7/c22-9-5-4-8-15(20(32)24-12-18(29)30)25-21(33)16(11-17(27)28)26-19(31)14(23)10-13-6-2-1-3-7-13/h1-3,6-7,14-16H,4-5,8-12,22-23H2,(H,24,32)(H,25,33)(H,26,31)(H,27,28)(H,29,30). The summed E-state index contributed by atoms with van der Waals surface area (Å²) in [5, 5.41) is 24.8. The number of carbonyl (C=O) groups excluding carboxylic acids is 3. The Balaban J connectivity index is 2.85. The first kappa shape index (κ1) is 27.5. The van der Waals surface area contributed by atoms with Crippen LogP contribution in [0.2, 0.25) is 0 Å². The Labute approximate surface area is 191 Å². The minimum Gasteiger partial charge on any atom is -0.481 e. The highest BCUT2D eigenvalue weighted by molar-refractivity contribution is 5.95. The quantitative estimate of drug-likeness (QED) is 0.147. The minimum absolute atomic E-state index is 0.148. The summed E-state index contributed by atoms with van der Waals surface area (Å²) in [5.74, 6) is -4.99. The largest absolute Gasteiger partial charge is 0.481 e. The smallest absolute Gasteiger partial charge is 0.322 e. The van der Waals surface area contributed by atoms with Crippen LogP contribution in [0.4, 0.5) is 0 Å². The van der Waals surface area contributed by atoms with Gasteiger partial charge in [-0.15, -0.1) is 0 Å². The molecule has 12 heteroatoms. The second-order valence-electron chi connectivity index (χ2n) is 7.41. The first-order chi connectivity index (χ1) is 15.6. The van der Waals surface area contributed by atoms with Crippen LogP contribution < -0.4 is 27.4 Å². The number of rotatable bonds is 15. The van der Waals surface area contributed by atoms with Crippen LogP contribution in [0.3, 0.4) is 0 Å². The van der Waals surface area contributed by atoms with Crippen molar-refractivity contribution < 1.29 is 34.2 Å². The maximum atomic E-state index is 12.7. The minimum atomic E-state index is -1.49. The Morgan fingerprint density at radius 3 is 2.06 bits per heavy atom. The molecule has 3 unspecified atom stereocenters. The van der Waals surface area contributed by atoms with Gasteiger partial charge < -0.3 is 37.6 Å². The summed E-state index contributed by atoms with van der Waals surface area (Å²) in [5.41, 5.74) is 12.1. The third kappa shape index (κ3) is 11.1. The van der Waals surface area contributed by atoms with Gasteiger partial charge in [-0.3, -0.25) is 24.0 Å². The van der Waals surface area contributed by atoms with Gasteiger partial charge in [-0.2, -0.15) is 0 Å². The molecule has 0 fully saturated rings. The van der Waals surface area contributed by atoms with Crippen molar-refractivity contribution in [2.24, 2.45) is 11.5 Å². The van der Waals surface area contributed by atoms with Gasteiger partial charge in [-0.05, 0) is 37.8 Å². The van der Waals surface area contributed by atoms with Crippen molar-refractivity contribution >= 4 is 29.7 Å². The van der Waals surface area contributed by atoms with E-state index in [1.165, 1.54) is 0 Å². The van der Waals surface area contributed by atoms with E-state index in [1.807, 2.05) is 0 Å². The summed E-state index contributed by atoms with van der Waals surface area (Å²) in [4.78, 5) is 59.5. The predicted octanol–water partition coefficient (Wildman–Crippen LogP) is -1.67. The fourth-order valence-corrected chi connectivity index (χ4v) is 2.94. The van der Waals surface area contributed by atoms with E-state index < -0.39 is 60.8 Å². The molecular weight excluding hydrogens is 434 g/mol. The van der Waals surface area contributed by atoms with Gasteiger partial charge in [0.25, 0.3) is 0 Å². The highest BCUT2D eigenvalue weighted by Crippen LogP contribution is 2.05. The average molecular weight is 466 g/mol. The lowest BCUT2D eigenvalue weighted by atomic mass is 10.0. The number of benzene rings is 1. The number of unbranched alkanes of at least 4 members (excludes halogenated alkanes) is 1. The van der Waals surface area contributed by atoms with Crippen LogP contribution in [0.1, 0.15) is 31.2 Å². The van der Waals surface area contributed by atoms with E-state index in [9.17, 15) is 24.0 Å². The van der Waals surface area contributed by atoms with Crippen LogP contribution in [0.5, 0.6) is 0 Å². The highest BCUT2D eigenvalue weighted by Gasteiger charge is 2.29. The number of carboxylic acid groups (broad SMARTS) is 2. The third-order valence-corrected chi connectivity index (χ3v) is 4.64. The van der Waals surface area contributed by atoms with Gasteiger partial charge in [0.2, 0.25) is 17.7 Å². The van der Waals surface area contributed by atoms with Crippen LogP contribution >= 0.6 is 0 Å². The number of amides is 3. The Morgan fingerprint density at radius 2 is 1.48 bits per heavy atom. The van der Waals surface area contributed by atoms with Gasteiger partial charge in [-0.1, -0.05) is 30.3 Å². The van der Waals surface area contributed by atoms with E-state index in [1.54, 1.807) is 30.3 Å². The molecule has 0 aromatic heterocycles. The molecule has 182 valence electrons. The molecule has 0 heterocycles. The molecule has 0 aliphatic rings. The number of aliphatic carboxylic acids is 2. The molecule has 3 atom stereocenters. The van der Waals surface area contributed by atoms with Gasteiger partial charge in [-0.25, -0.2) is 0 Å². The van der Waals surface area contributed by atoms with Crippen molar-refractivity contribution in [3.05, 3.63) is 35.9 Å². The Morgan fingerprint density at radius 1 is 0.848 bits per heavy atom. The molecule has 9 N–H and O–H groups in total. The van der Waals surface area contributed by atoms with Crippen molar-refractivity contribution in [3.63, 3.8) is 0 Å². The third-order valence-electron chi connectivity index (χ3n) is 4.64. The molecule has 33 heavy (non-hydrogen) atoms. The summed E-state index contributed by atoms with van der Waals surface area (Å²) >= 11 is 0. The van der Waals surface area contributed by atoms with E-state index in [2.05, 4.69) is 16.0 Å². The highest BCUT2D eigenvalue weighted by atomic mass is 16.4. The predicted molar refractivity (Wildman–Crippen MR) is 118 cm³/mol. The Bertz CT molecular complexity index is 818. The number of nitrogens with two attached hydrogens (primary N) is 2. The first-order valence-electron chi connectivity index (χ1n) is 10.5. The molecule has 0 bridgehead atoms. The van der Waals surface area contributed by atoms with Gasteiger partial charge in [0.15, 0.2) is 0 Å². The monoisotopic (exact) mass is 465 g/mol. The summed E-state index contributed by atoms with van der Waals surface area (Å²) in [6.45, 7) is -0.292. The number of carbonyl (C=O) groups is 5. The van der Waals surface area contributed by atoms with E-state index >= 15 is 0 Å². The van der Waals surface area contributed by atoms with Gasteiger partial charge in [0, 0.05) is 0 Å². The SMILES string of the molecule is NCCCCC(NC(=O)C(CC(=O)O)NC(=O)C(N)Cc1ccccc1)C(=O)NCC(=O)O. The van der Waals surface area contributed by atoms with E-state index in [0.29, 0.717) is 19.4 Å². The maximum absolute atomic E-state index is 12.7. The molecule has 12 nitrogen and oxygen atoms in total. The molecule has 0 aliphatic carbocycles. The topological polar surface area (TPSA) is 214 Å². The van der Waals surface area contributed by atoms with E-state index in [4.69, 9.17) is 21.7 Å². The van der Waals surface area contributed by atoms with Gasteiger partial charge in [0.05, 0.1) is 12.5 Å². The van der Waals surface area contributed by atoms with Crippen molar-refractivity contribution in [3.8, 4) is 0 Å². The number of hydrogen-bond donors (Lipinski definition) is 7. The van der Waals surface area contributed by atoms with E-state index in [-0.39, 0.29) is 12.8 Å². The fraction of sp³-hybridized carbons (Fsp3) is 0.476. The molecule has 1 rings (SSSR count). The van der Waals surface area contributed by atoms with Crippen LogP contribution in [-0.4, -0.2) is 71.1 Å². The Kier molecular flexibility index (Phi) is 12.1. The average Bonchev–Trinajstić information content (AvgIpc) is 2.76. The molecule has 0 saturated heterocycles. The normalized spacial score (nSPS) is 13.3. The molecule has 0 saturated carbocycles. The van der Waals surface area contributed by atoms with Crippen molar-refractivity contribution in [1.29, 1.82) is 0 Å². The zero-order valence-electron chi connectivity index (χ0n) is 18.2. The molecule has 0 spiro atoms. The first-order valence-corrected chi connectivity index (χ1v) is 10.5. The summed E-state index contributed by atoms with van der Waals surface area (Å²) < 4.78 is 0. The molecule has 0 radical (unpaired) electrons. The fourth-order valence-electron chi connectivity index (χ4n) is 2.94. The van der Waals surface area contributed by atoms with Crippen LogP contribution in [-0.2, 0) is 30.4 Å². The lowest BCUT2D eigenvalue weighted by Gasteiger charge is -2.23. The molecule has 0 aliphatic heterocycles. The second-order valence-corrected chi connectivity index (χ2v) is 7.41. The number of nitrogens with one attached hydrogen (secondary N) is 3. The lowest BCUT2D eigenvalue weighted by molar-refractivity contribution is -0.141. The summed E-state index contributed by atoms with van der Waals surface area (Å²) in [7, 11) is 0. The zero-order chi connectivity index (χ0) is 24.8. The second kappa shape index (κ2) is 14.5. The molecular formula is C21H31N5O7. The summed E-state index contributed by atoms with van der Waals surface area (Å²) in [6.07, 6.45) is 0.604. The maximum Gasteiger partial charge on any atom is 0.322 e. The molecule has 1 aromatic rings. The van der Waals surface area contributed by atoms with Crippen LogP contribution in [0.25, 0.3) is 0 Å². The number of hydrogen-bond acceptors (Lipinski definition) is 7. The zero-order valence-corrected chi connectivity index (χ0v) is 18.2. The molecule has 1 aromatic carbocycles. The van der Waals surface area contributed by atoms with Crippen molar-refractivity contribution in [2.75, 3.05) is 13.1 Å². The van der Waals surface area contributed by atoms with Crippen molar-refractivity contribution in [1.82, 2.24) is 16.0 Å². The Hall–Kier alpha value is -3.51. The van der Waals surface area contributed by atoms with E-state index in [0.717, 1.165) is 5.56 Å². The number of carboxylic acids is 2. The van der Waals surface area contributed by atoms with Crippen LogP contribution in [0.15, 0.2) is 30.3 Å². The van der Waals surface area contributed by atoms with Crippen molar-refractivity contribution in [2.45, 2.75) is 50.2 Å². The van der Waals surface area contributed by atoms with Gasteiger partial charge >= 0.3 is 11.9 Å². The molecule has 3 amide bonds. The van der Waals surface area contributed by atoms with Gasteiger partial charge in [0.1, 0.15) is 18.6 Å². The van der Waals surface area contributed by atoms with Crippen LogP contribution in [0, 0.1) is 0 Å².